The third kappa shape index (κ3) is 4.20. The summed E-state index contributed by atoms with van der Waals surface area (Å²) in [5, 5.41) is 20.3. The molecule has 0 aromatic heterocycles. The van der Waals surface area contributed by atoms with Gasteiger partial charge in [-0.25, -0.2) is 0 Å². The van der Waals surface area contributed by atoms with Gasteiger partial charge in [0, 0.05) is 33.0 Å². The number of aliphatic imine (C=N–C) groups is 1. The van der Waals surface area contributed by atoms with Crippen LogP contribution in [0.3, 0.4) is 0 Å². The first-order chi connectivity index (χ1) is 15.0. The van der Waals surface area contributed by atoms with Gasteiger partial charge in [-0.05, 0) is 58.5 Å². The Balaban J connectivity index is 1.81. The first-order valence-electron chi connectivity index (χ1n) is 9.38. The van der Waals surface area contributed by atoms with Gasteiger partial charge in [-0.15, -0.1) is 0 Å². The predicted octanol–water partition coefficient (Wildman–Crippen LogP) is 4.97. The van der Waals surface area contributed by atoms with Crippen molar-refractivity contribution in [2.24, 2.45) is 10.7 Å². The maximum absolute atomic E-state index is 10.5. The number of aromatic hydroxyl groups is 1. The molecule has 1 aliphatic rings. The molecule has 0 fully saturated rings. The molecule has 0 spiro atoms. The van der Waals surface area contributed by atoms with E-state index in [1.165, 1.54) is 6.07 Å². The number of hydrogen-bond acceptors (Lipinski definition) is 6. The maximum atomic E-state index is 10.5. The van der Waals surface area contributed by atoms with Crippen molar-refractivity contribution in [2.45, 2.75) is 5.92 Å². The first-order valence-corrected chi connectivity index (χ1v) is 10.5. The summed E-state index contributed by atoms with van der Waals surface area (Å²) in [6.07, 6.45) is 1.57. The number of rotatable bonds is 4. The summed E-state index contributed by atoms with van der Waals surface area (Å²) in [5.74, 6) is 0.733. The molecule has 0 aliphatic carbocycles. The van der Waals surface area contributed by atoms with Gasteiger partial charge in [-0.2, -0.15) is 5.26 Å². The van der Waals surface area contributed by atoms with Gasteiger partial charge < -0.3 is 20.3 Å². The highest BCUT2D eigenvalue weighted by molar-refractivity contribution is 14.1. The van der Waals surface area contributed by atoms with Crippen molar-refractivity contribution in [1.29, 1.82) is 5.26 Å². The molecule has 1 heterocycles. The quantitative estimate of drug-likeness (QED) is 0.372. The van der Waals surface area contributed by atoms with E-state index in [0.29, 0.717) is 28.3 Å². The minimum absolute atomic E-state index is 0.00000370. The Morgan fingerprint density at radius 3 is 2.74 bits per heavy atom. The molecule has 3 aromatic carbocycles. The third-order valence-electron chi connectivity index (χ3n) is 4.95. The molecule has 0 bridgehead atoms. The van der Waals surface area contributed by atoms with Crippen LogP contribution in [-0.2, 0) is 0 Å². The SMILES string of the molecule is COc1cccc(N=Cc2cc3c(cc2O)OC(N)=C(C#N)C3c2cccc(I)c2)c1. The molecule has 1 aliphatic heterocycles. The molecule has 31 heavy (non-hydrogen) atoms. The minimum atomic E-state index is -0.409. The van der Waals surface area contributed by atoms with Crippen LogP contribution in [0.4, 0.5) is 5.69 Å². The van der Waals surface area contributed by atoms with Gasteiger partial charge in [0.2, 0.25) is 5.88 Å². The lowest BCUT2D eigenvalue weighted by atomic mass is 9.83. The first kappa shape index (κ1) is 20.8. The van der Waals surface area contributed by atoms with Crippen LogP contribution < -0.4 is 15.2 Å². The van der Waals surface area contributed by atoms with Crippen LogP contribution in [-0.4, -0.2) is 18.4 Å². The number of fused-ring (bicyclic) bond motifs is 1. The van der Waals surface area contributed by atoms with E-state index in [4.69, 9.17) is 15.2 Å². The molecular formula is C24H18IN3O3. The Bertz CT molecular complexity index is 1260. The topological polar surface area (TPSA) is 101 Å². The van der Waals surface area contributed by atoms with Crippen LogP contribution in [0.25, 0.3) is 0 Å². The maximum Gasteiger partial charge on any atom is 0.205 e. The van der Waals surface area contributed by atoms with Crippen LogP contribution in [0, 0.1) is 14.9 Å². The van der Waals surface area contributed by atoms with Crippen molar-refractivity contribution in [1.82, 2.24) is 0 Å². The number of benzene rings is 3. The third-order valence-corrected chi connectivity index (χ3v) is 5.62. The minimum Gasteiger partial charge on any atom is -0.507 e. The standard InChI is InChI=1S/C24H18IN3O3/c1-30-18-7-3-6-17(10-18)28-13-15-9-19-22(11-21(15)29)31-24(27)20(12-26)23(19)14-4-2-5-16(25)8-14/h2-11,13,23,29H,27H2,1H3. The van der Waals surface area contributed by atoms with E-state index in [1.54, 1.807) is 25.5 Å². The second-order valence-electron chi connectivity index (χ2n) is 6.89. The summed E-state index contributed by atoms with van der Waals surface area (Å²) in [7, 11) is 1.59. The zero-order valence-corrected chi connectivity index (χ0v) is 18.7. The van der Waals surface area contributed by atoms with Crippen molar-refractivity contribution in [3.05, 3.63) is 92.4 Å². The number of phenolic OH excluding ortho intramolecular Hbond substituents is 1. The molecule has 3 N–H and O–H groups in total. The number of hydrogen-bond donors (Lipinski definition) is 2. The van der Waals surface area contributed by atoms with Crippen LogP contribution in [0.2, 0.25) is 0 Å². The molecule has 154 valence electrons. The van der Waals surface area contributed by atoms with E-state index >= 15 is 0 Å². The largest absolute Gasteiger partial charge is 0.507 e. The van der Waals surface area contributed by atoms with E-state index in [9.17, 15) is 10.4 Å². The number of nitrogens with two attached hydrogens (primary N) is 1. The summed E-state index contributed by atoms with van der Waals surface area (Å²) in [4.78, 5) is 4.45. The summed E-state index contributed by atoms with van der Waals surface area (Å²) >= 11 is 2.23. The number of nitrogens with zero attached hydrogens (tertiary/aromatic N) is 2. The number of halogens is 1. The lowest BCUT2D eigenvalue weighted by Gasteiger charge is -2.27. The summed E-state index contributed by atoms with van der Waals surface area (Å²) < 4.78 is 11.9. The number of nitriles is 1. The fraction of sp³-hybridized carbons (Fsp3) is 0.0833. The van der Waals surface area contributed by atoms with Gasteiger partial charge in [0.05, 0.1) is 18.7 Å². The average Bonchev–Trinajstić information content (AvgIpc) is 2.77. The Morgan fingerprint density at radius 2 is 2.00 bits per heavy atom. The van der Waals surface area contributed by atoms with Crippen molar-refractivity contribution < 1.29 is 14.6 Å². The van der Waals surface area contributed by atoms with E-state index in [2.05, 4.69) is 33.7 Å². The highest BCUT2D eigenvalue weighted by Crippen LogP contribution is 2.44. The summed E-state index contributed by atoms with van der Waals surface area (Å²) in [6, 6.07) is 20.6. The molecule has 7 heteroatoms. The van der Waals surface area contributed by atoms with E-state index in [1.807, 2.05) is 42.5 Å². The summed E-state index contributed by atoms with van der Waals surface area (Å²) in [5.41, 5.74) is 9.19. The second-order valence-corrected chi connectivity index (χ2v) is 8.13. The van der Waals surface area contributed by atoms with E-state index in [0.717, 1.165) is 14.7 Å². The number of phenols is 1. The molecule has 0 saturated heterocycles. The number of allylic oxidation sites excluding steroid dienone is 1. The smallest absolute Gasteiger partial charge is 0.205 e. The summed E-state index contributed by atoms with van der Waals surface area (Å²) in [6.45, 7) is 0. The van der Waals surface area contributed by atoms with Crippen molar-refractivity contribution in [2.75, 3.05) is 7.11 Å². The van der Waals surface area contributed by atoms with Crippen LogP contribution in [0.1, 0.15) is 22.6 Å². The Labute approximate surface area is 193 Å². The average molecular weight is 523 g/mol. The fourth-order valence-corrected chi connectivity index (χ4v) is 4.05. The van der Waals surface area contributed by atoms with Gasteiger partial charge in [0.25, 0.3) is 0 Å². The predicted molar refractivity (Wildman–Crippen MR) is 127 cm³/mol. The van der Waals surface area contributed by atoms with Crippen LogP contribution >= 0.6 is 22.6 Å². The highest BCUT2D eigenvalue weighted by Gasteiger charge is 2.31. The van der Waals surface area contributed by atoms with E-state index in [-0.39, 0.29) is 11.6 Å². The molecule has 0 saturated carbocycles. The molecular weight excluding hydrogens is 505 g/mol. The van der Waals surface area contributed by atoms with Gasteiger partial charge in [0.15, 0.2) is 0 Å². The molecule has 3 aromatic rings. The molecule has 0 radical (unpaired) electrons. The highest BCUT2D eigenvalue weighted by atomic mass is 127. The zero-order chi connectivity index (χ0) is 22.0. The Kier molecular flexibility index (Phi) is 5.82. The monoisotopic (exact) mass is 523 g/mol. The molecule has 0 amide bonds. The van der Waals surface area contributed by atoms with Crippen molar-refractivity contribution in [3.63, 3.8) is 0 Å². The number of ether oxygens (including phenoxy) is 2. The van der Waals surface area contributed by atoms with E-state index < -0.39 is 5.92 Å². The van der Waals surface area contributed by atoms with Crippen molar-refractivity contribution in [3.8, 4) is 23.3 Å². The molecule has 4 rings (SSSR count). The normalized spacial score (nSPS) is 15.3. The Hall–Kier alpha value is -3.51. The zero-order valence-electron chi connectivity index (χ0n) is 16.5. The van der Waals surface area contributed by atoms with Crippen molar-refractivity contribution >= 4 is 34.5 Å². The van der Waals surface area contributed by atoms with Gasteiger partial charge in [-0.1, -0.05) is 18.2 Å². The van der Waals surface area contributed by atoms with Gasteiger partial charge in [0.1, 0.15) is 28.9 Å². The Morgan fingerprint density at radius 1 is 1.19 bits per heavy atom. The molecule has 1 atom stereocenters. The van der Waals surface area contributed by atoms with Gasteiger partial charge >= 0.3 is 0 Å². The van der Waals surface area contributed by atoms with Crippen LogP contribution in [0.5, 0.6) is 17.2 Å². The molecule has 6 nitrogen and oxygen atoms in total. The lowest BCUT2D eigenvalue weighted by molar-refractivity contribution is 0.388. The van der Waals surface area contributed by atoms with Gasteiger partial charge in [-0.3, -0.25) is 4.99 Å². The number of methoxy groups -OCH3 is 1. The fourth-order valence-electron chi connectivity index (χ4n) is 3.48. The molecule has 1 unspecified atom stereocenters. The lowest BCUT2D eigenvalue weighted by Crippen LogP contribution is -2.21. The van der Waals surface area contributed by atoms with Crippen LogP contribution in [0.15, 0.2) is 77.1 Å². The second kappa shape index (κ2) is 8.70.